The van der Waals surface area contributed by atoms with Crippen LogP contribution in [0.3, 0.4) is 0 Å². The number of hydrogen-bond acceptors (Lipinski definition) is 3. The predicted molar refractivity (Wildman–Crippen MR) is 114 cm³/mol. The maximum atomic E-state index is 12.5. The quantitative estimate of drug-likeness (QED) is 0.853. The Hall–Kier alpha value is -1.39. The standard InChI is InChI=1S/C24H37N3O/c1-18(2)26-15-13-20(14-16-26)27-21(19-9-5-4-6-10-19)17-24(3)22(27)11-7-8-12-23(28)25-24/h4-6,9-10,18,20-22H,7-8,11-17H2,1-3H3,(H,25,28)/t21-,22-,24-/m0/s1. The molecule has 3 saturated heterocycles. The van der Waals surface area contributed by atoms with E-state index in [1.165, 1.54) is 37.9 Å². The van der Waals surface area contributed by atoms with Crippen molar-refractivity contribution in [1.29, 1.82) is 0 Å². The number of rotatable bonds is 3. The van der Waals surface area contributed by atoms with Gasteiger partial charge in [-0.2, -0.15) is 0 Å². The molecular weight excluding hydrogens is 346 g/mol. The molecule has 1 aromatic rings. The molecule has 3 aliphatic heterocycles. The van der Waals surface area contributed by atoms with E-state index in [1.54, 1.807) is 0 Å². The Labute approximate surface area is 170 Å². The summed E-state index contributed by atoms with van der Waals surface area (Å²) in [6.45, 7) is 9.31. The number of nitrogens with zero attached hydrogens (tertiary/aromatic N) is 2. The zero-order valence-corrected chi connectivity index (χ0v) is 17.9. The predicted octanol–water partition coefficient (Wildman–Crippen LogP) is 4.12. The van der Waals surface area contributed by atoms with Gasteiger partial charge in [-0.15, -0.1) is 0 Å². The second-order valence-electron chi connectivity index (χ2n) is 9.67. The Kier molecular flexibility index (Phi) is 5.80. The fourth-order valence-corrected chi connectivity index (χ4v) is 5.97. The van der Waals surface area contributed by atoms with Crippen LogP contribution in [0.15, 0.2) is 30.3 Å². The molecule has 0 saturated carbocycles. The molecule has 0 unspecified atom stereocenters. The van der Waals surface area contributed by atoms with E-state index in [4.69, 9.17) is 0 Å². The van der Waals surface area contributed by atoms with Gasteiger partial charge in [-0.05, 0) is 71.5 Å². The SMILES string of the molecule is CC(C)N1CCC(N2[C@H]3CCCCC(=O)N[C@@]3(C)C[C@H]2c2ccccc2)CC1. The average molecular weight is 384 g/mol. The third-order valence-corrected chi connectivity index (χ3v) is 7.46. The minimum Gasteiger partial charge on any atom is -0.349 e. The highest BCUT2D eigenvalue weighted by Gasteiger charge is 2.52. The molecule has 3 aliphatic rings. The van der Waals surface area contributed by atoms with Crippen LogP contribution in [0.2, 0.25) is 0 Å². The Balaban J connectivity index is 1.64. The summed E-state index contributed by atoms with van der Waals surface area (Å²) < 4.78 is 0. The smallest absolute Gasteiger partial charge is 0.220 e. The summed E-state index contributed by atoms with van der Waals surface area (Å²) in [6.07, 6.45) is 7.57. The van der Waals surface area contributed by atoms with Crippen molar-refractivity contribution in [3.8, 4) is 0 Å². The van der Waals surface area contributed by atoms with Gasteiger partial charge >= 0.3 is 0 Å². The Morgan fingerprint density at radius 3 is 2.46 bits per heavy atom. The largest absolute Gasteiger partial charge is 0.349 e. The normalized spacial score (nSPS) is 33.4. The molecule has 4 nitrogen and oxygen atoms in total. The van der Waals surface area contributed by atoms with Crippen molar-refractivity contribution in [1.82, 2.24) is 15.1 Å². The number of nitrogens with one attached hydrogen (secondary N) is 1. The number of piperidine rings is 1. The molecule has 28 heavy (non-hydrogen) atoms. The van der Waals surface area contributed by atoms with E-state index in [0.29, 0.717) is 30.6 Å². The topological polar surface area (TPSA) is 35.6 Å². The van der Waals surface area contributed by atoms with Crippen molar-refractivity contribution < 1.29 is 4.79 Å². The van der Waals surface area contributed by atoms with Gasteiger partial charge in [0, 0.05) is 30.6 Å². The van der Waals surface area contributed by atoms with E-state index in [9.17, 15) is 4.79 Å². The number of fused-ring (bicyclic) bond motifs is 1. The molecule has 0 spiro atoms. The zero-order chi connectivity index (χ0) is 19.7. The van der Waals surface area contributed by atoms with Crippen LogP contribution in [0.4, 0.5) is 0 Å². The molecule has 4 rings (SSSR count). The van der Waals surface area contributed by atoms with Crippen molar-refractivity contribution in [2.24, 2.45) is 0 Å². The lowest BCUT2D eigenvalue weighted by Crippen LogP contribution is -2.58. The Bertz CT molecular complexity index is 668. The molecular formula is C24H37N3O. The summed E-state index contributed by atoms with van der Waals surface area (Å²) in [5.74, 6) is 0.246. The third-order valence-electron chi connectivity index (χ3n) is 7.46. The van der Waals surface area contributed by atoms with Crippen LogP contribution in [-0.4, -0.2) is 52.5 Å². The number of carbonyl (C=O) groups is 1. The number of hydrogen-bond donors (Lipinski definition) is 1. The van der Waals surface area contributed by atoms with Gasteiger partial charge in [0.05, 0.1) is 5.54 Å². The van der Waals surface area contributed by atoms with Crippen molar-refractivity contribution in [2.45, 2.75) is 95.4 Å². The van der Waals surface area contributed by atoms with Gasteiger partial charge in [0.25, 0.3) is 0 Å². The van der Waals surface area contributed by atoms with Gasteiger partial charge in [0.1, 0.15) is 0 Å². The second kappa shape index (κ2) is 8.16. The van der Waals surface area contributed by atoms with E-state index in [2.05, 4.69) is 66.2 Å². The van der Waals surface area contributed by atoms with E-state index in [0.717, 1.165) is 19.3 Å². The summed E-state index contributed by atoms with van der Waals surface area (Å²) in [5.41, 5.74) is 1.30. The van der Waals surface area contributed by atoms with Gasteiger partial charge < -0.3 is 10.2 Å². The fraction of sp³-hybridized carbons (Fsp3) is 0.708. The molecule has 1 aromatic carbocycles. The molecule has 3 heterocycles. The molecule has 3 atom stereocenters. The van der Waals surface area contributed by atoms with Crippen LogP contribution < -0.4 is 5.32 Å². The lowest BCUT2D eigenvalue weighted by Gasteiger charge is -2.45. The Morgan fingerprint density at radius 1 is 1.07 bits per heavy atom. The van der Waals surface area contributed by atoms with E-state index in [-0.39, 0.29) is 11.4 Å². The molecule has 0 aromatic heterocycles. The first-order chi connectivity index (χ1) is 13.5. The minimum atomic E-state index is -0.118. The molecule has 3 fully saturated rings. The van der Waals surface area contributed by atoms with Crippen molar-refractivity contribution in [3.05, 3.63) is 35.9 Å². The molecule has 0 radical (unpaired) electrons. The van der Waals surface area contributed by atoms with Gasteiger partial charge in [-0.1, -0.05) is 36.8 Å². The molecule has 1 N–H and O–H groups in total. The summed E-state index contributed by atoms with van der Waals surface area (Å²) in [6, 6.07) is 13.1. The van der Waals surface area contributed by atoms with Crippen LogP contribution in [-0.2, 0) is 4.79 Å². The molecule has 154 valence electrons. The highest BCUT2D eigenvalue weighted by Crippen LogP contribution is 2.47. The fourth-order valence-electron chi connectivity index (χ4n) is 5.97. The second-order valence-corrected chi connectivity index (χ2v) is 9.67. The van der Waals surface area contributed by atoms with E-state index >= 15 is 0 Å². The summed E-state index contributed by atoms with van der Waals surface area (Å²) in [7, 11) is 0. The lowest BCUT2D eigenvalue weighted by molar-refractivity contribution is -0.124. The summed E-state index contributed by atoms with van der Waals surface area (Å²) >= 11 is 0. The highest BCUT2D eigenvalue weighted by molar-refractivity contribution is 5.77. The summed E-state index contributed by atoms with van der Waals surface area (Å²) in [5, 5.41) is 3.46. The number of benzene rings is 1. The van der Waals surface area contributed by atoms with Crippen LogP contribution in [0, 0.1) is 0 Å². The monoisotopic (exact) mass is 383 g/mol. The third kappa shape index (κ3) is 3.86. The zero-order valence-electron chi connectivity index (χ0n) is 17.9. The molecule has 4 heteroatoms. The van der Waals surface area contributed by atoms with E-state index < -0.39 is 0 Å². The average Bonchev–Trinajstić information content (AvgIpc) is 2.96. The minimum absolute atomic E-state index is 0.118. The maximum Gasteiger partial charge on any atom is 0.220 e. The van der Waals surface area contributed by atoms with Crippen LogP contribution in [0.5, 0.6) is 0 Å². The molecule has 0 bridgehead atoms. The van der Waals surface area contributed by atoms with Gasteiger partial charge in [0.15, 0.2) is 0 Å². The first kappa shape index (κ1) is 19.9. The highest BCUT2D eigenvalue weighted by atomic mass is 16.1. The van der Waals surface area contributed by atoms with Crippen molar-refractivity contribution in [3.63, 3.8) is 0 Å². The van der Waals surface area contributed by atoms with Crippen LogP contribution in [0.1, 0.15) is 77.3 Å². The van der Waals surface area contributed by atoms with Gasteiger partial charge in [-0.3, -0.25) is 9.69 Å². The van der Waals surface area contributed by atoms with Crippen LogP contribution in [0.25, 0.3) is 0 Å². The van der Waals surface area contributed by atoms with Crippen molar-refractivity contribution >= 4 is 5.91 Å². The number of amides is 1. The lowest BCUT2D eigenvalue weighted by atomic mass is 9.85. The number of likely N-dealkylation sites (tertiary alicyclic amines) is 2. The maximum absolute atomic E-state index is 12.5. The van der Waals surface area contributed by atoms with Gasteiger partial charge in [0.2, 0.25) is 5.91 Å². The first-order valence-electron chi connectivity index (χ1n) is 11.4. The molecule has 1 amide bonds. The molecule has 0 aliphatic carbocycles. The van der Waals surface area contributed by atoms with Crippen LogP contribution >= 0.6 is 0 Å². The summed E-state index contributed by atoms with van der Waals surface area (Å²) in [4.78, 5) is 17.9. The first-order valence-corrected chi connectivity index (χ1v) is 11.4. The van der Waals surface area contributed by atoms with E-state index in [1.807, 2.05) is 0 Å². The number of carbonyl (C=O) groups excluding carboxylic acids is 1. The van der Waals surface area contributed by atoms with Crippen molar-refractivity contribution in [2.75, 3.05) is 13.1 Å². The Morgan fingerprint density at radius 2 is 1.79 bits per heavy atom. The van der Waals surface area contributed by atoms with Gasteiger partial charge in [-0.25, -0.2) is 0 Å².